The van der Waals surface area contributed by atoms with E-state index in [1.165, 1.54) is 11.3 Å². The van der Waals surface area contributed by atoms with Gasteiger partial charge in [-0.25, -0.2) is 13.4 Å². The minimum Gasteiger partial charge on any atom is -0.347 e. The number of nitrogens with zero attached hydrogens (tertiary/aromatic N) is 2. The van der Waals surface area contributed by atoms with Crippen LogP contribution >= 0.6 is 11.3 Å². The smallest absolute Gasteiger partial charge is 0.271 e. The summed E-state index contributed by atoms with van der Waals surface area (Å²) in [6.07, 6.45) is 3.56. The molecule has 0 bridgehead atoms. The van der Waals surface area contributed by atoms with Crippen LogP contribution in [0.1, 0.15) is 45.9 Å². The fraction of sp³-hybridized carbons (Fsp3) is 0.304. The number of aromatic nitrogens is 1. The van der Waals surface area contributed by atoms with Crippen molar-refractivity contribution in [3.63, 3.8) is 0 Å². The summed E-state index contributed by atoms with van der Waals surface area (Å²) in [6, 6.07) is 16.8. The summed E-state index contributed by atoms with van der Waals surface area (Å²) in [6.45, 7) is 1.38. The van der Waals surface area contributed by atoms with Crippen molar-refractivity contribution in [3.05, 3.63) is 81.8 Å². The number of amides is 1. The maximum absolute atomic E-state index is 12.9. The highest BCUT2D eigenvalue weighted by atomic mass is 32.2. The second-order valence-electron chi connectivity index (χ2n) is 7.58. The summed E-state index contributed by atoms with van der Waals surface area (Å²) in [5.74, 6) is -0.264. The predicted octanol–water partition coefficient (Wildman–Crippen LogP) is 3.84. The van der Waals surface area contributed by atoms with Gasteiger partial charge in [-0.1, -0.05) is 48.9 Å². The lowest BCUT2D eigenvalue weighted by Gasteiger charge is -2.26. The Labute approximate surface area is 187 Å². The van der Waals surface area contributed by atoms with Gasteiger partial charge in [0, 0.05) is 31.4 Å². The van der Waals surface area contributed by atoms with Crippen LogP contribution in [0.4, 0.5) is 0 Å². The van der Waals surface area contributed by atoms with E-state index >= 15 is 0 Å². The predicted molar refractivity (Wildman–Crippen MR) is 122 cm³/mol. The Balaban J connectivity index is 1.38. The first-order valence-corrected chi connectivity index (χ1v) is 12.7. The lowest BCUT2D eigenvalue weighted by molar-refractivity contribution is 0.0946. The van der Waals surface area contributed by atoms with Gasteiger partial charge in [-0.3, -0.25) is 4.79 Å². The van der Waals surface area contributed by atoms with Crippen LogP contribution in [0.5, 0.6) is 0 Å². The summed E-state index contributed by atoms with van der Waals surface area (Å²) in [4.78, 5) is 17.2. The standard InChI is InChI=1S/C23H25N3O3S2/c27-23(21-17-30-22(25-21)15-18-8-3-1-4-9-18)24-16-19-10-7-11-20(14-19)31(28,29)26-12-5-2-6-13-26/h1,3-4,7-11,14,17H,2,5-6,12-13,15-16H2,(H,24,27). The van der Waals surface area contributed by atoms with Crippen LogP contribution in [0.25, 0.3) is 0 Å². The second kappa shape index (κ2) is 9.72. The Bertz CT molecular complexity index is 1140. The number of carbonyl (C=O) groups is 1. The number of thiazole rings is 1. The van der Waals surface area contributed by atoms with Crippen molar-refractivity contribution in [2.75, 3.05) is 13.1 Å². The molecular weight excluding hydrogens is 430 g/mol. The molecule has 4 rings (SSSR count). The minimum atomic E-state index is -3.49. The quantitative estimate of drug-likeness (QED) is 0.587. The van der Waals surface area contributed by atoms with E-state index in [2.05, 4.69) is 10.3 Å². The summed E-state index contributed by atoms with van der Waals surface area (Å²) < 4.78 is 27.3. The van der Waals surface area contributed by atoms with Crippen molar-refractivity contribution in [2.24, 2.45) is 0 Å². The van der Waals surface area contributed by atoms with Gasteiger partial charge in [0.2, 0.25) is 10.0 Å². The topological polar surface area (TPSA) is 79.4 Å². The van der Waals surface area contributed by atoms with Crippen LogP contribution < -0.4 is 5.32 Å². The normalized spacial score (nSPS) is 15.0. The largest absolute Gasteiger partial charge is 0.347 e. The number of carbonyl (C=O) groups excluding carboxylic acids is 1. The first kappa shape index (κ1) is 21.7. The average Bonchev–Trinajstić information content (AvgIpc) is 3.27. The summed E-state index contributed by atoms with van der Waals surface area (Å²) in [5, 5.41) is 5.48. The van der Waals surface area contributed by atoms with E-state index in [-0.39, 0.29) is 17.3 Å². The van der Waals surface area contributed by atoms with E-state index in [1.54, 1.807) is 27.9 Å². The third-order valence-electron chi connectivity index (χ3n) is 5.29. The molecule has 0 saturated carbocycles. The molecule has 2 aromatic carbocycles. The molecular formula is C23H25N3O3S2. The highest BCUT2D eigenvalue weighted by Gasteiger charge is 2.26. The zero-order valence-electron chi connectivity index (χ0n) is 17.2. The number of benzene rings is 2. The highest BCUT2D eigenvalue weighted by Crippen LogP contribution is 2.21. The Morgan fingerprint density at radius 2 is 1.74 bits per heavy atom. The Kier molecular flexibility index (Phi) is 6.80. The van der Waals surface area contributed by atoms with E-state index < -0.39 is 10.0 Å². The van der Waals surface area contributed by atoms with Gasteiger partial charge in [0.15, 0.2) is 0 Å². The van der Waals surface area contributed by atoms with Crippen molar-refractivity contribution in [3.8, 4) is 0 Å². The number of piperidine rings is 1. The molecule has 31 heavy (non-hydrogen) atoms. The number of hydrogen-bond acceptors (Lipinski definition) is 5. The minimum absolute atomic E-state index is 0.244. The maximum Gasteiger partial charge on any atom is 0.271 e. The second-order valence-corrected chi connectivity index (χ2v) is 10.5. The summed E-state index contributed by atoms with van der Waals surface area (Å²) in [5.41, 5.74) is 2.27. The SMILES string of the molecule is O=C(NCc1cccc(S(=O)(=O)N2CCCCC2)c1)c1csc(Cc2ccccc2)n1. The zero-order chi connectivity index (χ0) is 21.7. The molecule has 0 spiro atoms. The zero-order valence-corrected chi connectivity index (χ0v) is 18.8. The molecule has 1 saturated heterocycles. The van der Waals surface area contributed by atoms with Gasteiger partial charge in [-0.2, -0.15) is 4.31 Å². The van der Waals surface area contributed by atoms with E-state index in [0.717, 1.165) is 35.4 Å². The Morgan fingerprint density at radius 3 is 2.52 bits per heavy atom. The van der Waals surface area contributed by atoms with Gasteiger partial charge in [-0.05, 0) is 36.1 Å². The molecule has 0 radical (unpaired) electrons. The molecule has 0 aliphatic carbocycles. The maximum atomic E-state index is 12.9. The molecule has 0 atom stereocenters. The number of nitrogens with one attached hydrogen (secondary N) is 1. The van der Waals surface area contributed by atoms with Crippen LogP contribution in [0.2, 0.25) is 0 Å². The number of rotatable bonds is 7. The average molecular weight is 456 g/mol. The van der Waals surface area contributed by atoms with Gasteiger partial charge < -0.3 is 5.32 Å². The monoisotopic (exact) mass is 455 g/mol. The number of sulfonamides is 1. The van der Waals surface area contributed by atoms with Gasteiger partial charge in [0.05, 0.1) is 9.90 Å². The first-order valence-electron chi connectivity index (χ1n) is 10.4. The molecule has 1 aliphatic heterocycles. The van der Waals surface area contributed by atoms with Gasteiger partial charge in [0.25, 0.3) is 5.91 Å². The Morgan fingerprint density at radius 1 is 1.00 bits per heavy atom. The molecule has 1 amide bonds. The van der Waals surface area contributed by atoms with Crippen LogP contribution in [0, 0.1) is 0 Å². The van der Waals surface area contributed by atoms with Crippen molar-refractivity contribution in [1.82, 2.24) is 14.6 Å². The number of hydrogen-bond donors (Lipinski definition) is 1. The molecule has 3 aromatic rings. The van der Waals surface area contributed by atoms with Crippen LogP contribution in [0.15, 0.2) is 64.9 Å². The van der Waals surface area contributed by atoms with Crippen LogP contribution in [-0.2, 0) is 23.0 Å². The highest BCUT2D eigenvalue weighted by molar-refractivity contribution is 7.89. The molecule has 2 heterocycles. The molecule has 6 nitrogen and oxygen atoms in total. The van der Waals surface area contributed by atoms with Gasteiger partial charge >= 0.3 is 0 Å². The molecule has 1 fully saturated rings. The van der Waals surface area contributed by atoms with Crippen LogP contribution in [0.3, 0.4) is 0 Å². The first-order chi connectivity index (χ1) is 15.0. The summed E-state index contributed by atoms with van der Waals surface area (Å²) >= 11 is 1.46. The van der Waals surface area contributed by atoms with Crippen molar-refractivity contribution in [2.45, 2.75) is 37.1 Å². The van der Waals surface area contributed by atoms with E-state index in [0.29, 0.717) is 25.2 Å². The van der Waals surface area contributed by atoms with Gasteiger partial charge in [-0.15, -0.1) is 11.3 Å². The molecule has 1 aromatic heterocycles. The van der Waals surface area contributed by atoms with E-state index in [9.17, 15) is 13.2 Å². The lowest BCUT2D eigenvalue weighted by Crippen LogP contribution is -2.35. The summed E-state index contributed by atoms with van der Waals surface area (Å²) in [7, 11) is -3.49. The third-order valence-corrected chi connectivity index (χ3v) is 8.03. The molecule has 8 heteroatoms. The van der Waals surface area contributed by atoms with E-state index in [4.69, 9.17) is 0 Å². The molecule has 0 unspecified atom stereocenters. The van der Waals surface area contributed by atoms with Crippen molar-refractivity contribution < 1.29 is 13.2 Å². The fourth-order valence-electron chi connectivity index (χ4n) is 3.61. The van der Waals surface area contributed by atoms with Crippen molar-refractivity contribution in [1.29, 1.82) is 0 Å². The van der Waals surface area contributed by atoms with Crippen molar-refractivity contribution >= 4 is 27.3 Å². The third kappa shape index (κ3) is 5.39. The Hall–Kier alpha value is -2.55. The lowest BCUT2D eigenvalue weighted by atomic mass is 10.2. The molecule has 1 aliphatic rings. The molecule has 1 N–H and O–H groups in total. The molecule has 162 valence electrons. The van der Waals surface area contributed by atoms with Crippen LogP contribution in [-0.4, -0.2) is 36.7 Å². The van der Waals surface area contributed by atoms with Gasteiger partial charge in [0.1, 0.15) is 5.69 Å². The van der Waals surface area contributed by atoms with E-state index in [1.807, 2.05) is 36.4 Å². The fourth-order valence-corrected chi connectivity index (χ4v) is 6.01.